The monoisotopic (exact) mass is 322 g/mol. The van der Waals surface area contributed by atoms with E-state index in [0.717, 1.165) is 32.2 Å². The van der Waals surface area contributed by atoms with Crippen molar-refractivity contribution in [2.24, 2.45) is 11.1 Å². The number of nitrogens with two attached hydrogens (primary N) is 1. The van der Waals surface area contributed by atoms with Crippen LogP contribution in [0.5, 0.6) is 0 Å². The lowest BCUT2D eigenvalue weighted by molar-refractivity contribution is -0.131. The fourth-order valence-electron chi connectivity index (χ4n) is 2.71. The molecule has 116 valence electrons. The van der Waals surface area contributed by atoms with Crippen molar-refractivity contribution in [3.8, 4) is 0 Å². The molecule has 1 fully saturated rings. The Hall–Kier alpha value is -0.780. The second-order valence-electron chi connectivity index (χ2n) is 5.33. The molecule has 0 aromatic carbocycles. The molecule has 0 spiro atoms. The molecule has 7 heteroatoms. The van der Waals surface area contributed by atoms with Gasteiger partial charge in [-0.3, -0.25) is 4.79 Å². The molecule has 3 N–H and O–H groups in total. The highest BCUT2D eigenvalue weighted by atomic mass is 35.5. The van der Waals surface area contributed by atoms with Crippen molar-refractivity contribution in [1.82, 2.24) is 14.9 Å². The van der Waals surface area contributed by atoms with Crippen LogP contribution in [0.4, 0.5) is 0 Å². The lowest BCUT2D eigenvalue weighted by Gasteiger charge is -2.28. The summed E-state index contributed by atoms with van der Waals surface area (Å²) in [6, 6.07) is 0.0933. The quantitative estimate of drug-likeness (QED) is 0.867. The summed E-state index contributed by atoms with van der Waals surface area (Å²) in [5.74, 6) is 0.120. The third kappa shape index (κ3) is 4.36. The number of hydrogen-bond donors (Lipinski definition) is 2. The Labute approximate surface area is 132 Å². The van der Waals surface area contributed by atoms with Crippen molar-refractivity contribution in [3.05, 3.63) is 18.7 Å². The van der Waals surface area contributed by atoms with E-state index in [1.807, 2.05) is 17.7 Å². The van der Waals surface area contributed by atoms with Gasteiger partial charge in [-0.05, 0) is 19.8 Å². The van der Waals surface area contributed by atoms with Gasteiger partial charge in [-0.15, -0.1) is 24.8 Å². The highest BCUT2D eigenvalue weighted by Crippen LogP contribution is 2.37. The van der Waals surface area contributed by atoms with Crippen molar-refractivity contribution in [1.29, 1.82) is 0 Å². The van der Waals surface area contributed by atoms with Crippen molar-refractivity contribution in [2.45, 2.75) is 45.2 Å². The number of hydrogen-bond acceptors (Lipinski definition) is 3. The van der Waals surface area contributed by atoms with Crippen molar-refractivity contribution < 1.29 is 4.79 Å². The Kier molecular flexibility index (Phi) is 8.16. The van der Waals surface area contributed by atoms with Crippen LogP contribution < -0.4 is 11.1 Å². The van der Waals surface area contributed by atoms with E-state index in [1.54, 1.807) is 12.5 Å². The molecule has 1 atom stereocenters. The molecule has 1 aromatic rings. The molecule has 1 saturated carbocycles. The number of nitrogens with one attached hydrogen (secondary N) is 1. The normalized spacial score (nSPS) is 17.7. The molecule has 0 aliphatic heterocycles. The minimum Gasteiger partial charge on any atom is -0.351 e. The van der Waals surface area contributed by atoms with Gasteiger partial charge in [0.2, 0.25) is 5.91 Å². The van der Waals surface area contributed by atoms with Crippen LogP contribution in [0.1, 0.15) is 32.6 Å². The van der Waals surface area contributed by atoms with Crippen LogP contribution in [0.2, 0.25) is 0 Å². The Bertz CT molecular complexity index is 391. The van der Waals surface area contributed by atoms with Crippen molar-refractivity contribution in [3.63, 3.8) is 0 Å². The summed E-state index contributed by atoms with van der Waals surface area (Å²) in [7, 11) is 0. The molecule has 1 heterocycles. The summed E-state index contributed by atoms with van der Waals surface area (Å²) in [6.45, 7) is 3.21. The first-order chi connectivity index (χ1) is 8.66. The van der Waals surface area contributed by atoms with E-state index in [1.165, 1.54) is 0 Å². The molecule has 0 saturated heterocycles. The van der Waals surface area contributed by atoms with Gasteiger partial charge in [-0.25, -0.2) is 4.98 Å². The van der Waals surface area contributed by atoms with Crippen LogP contribution >= 0.6 is 24.8 Å². The van der Waals surface area contributed by atoms with Gasteiger partial charge >= 0.3 is 0 Å². The van der Waals surface area contributed by atoms with Crippen molar-refractivity contribution in [2.75, 3.05) is 6.54 Å². The molecule has 1 aliphatic rings. The maximum absolute atomic E-state index is 12.3. The van der Waals surface area contributed by atoms with Crippen LogP contribution in [0.15, 0.2) is 18.7 Å². The first-order valence-electron chi connectivity index (χ1n) is 6.63. The van der Waals surface area contributed by atoms with E-state index in [2.05, 4.69) is 10.3 Å². The number of amides is 1. The molecule has 0 bridgehead atoms. The van der Waals surface area contributed by atoms with Gasteiger partial charge in [0, 0.05) is 31.5 Å². The van der Waals surface area contributed by atoms with Gasteiger partial charge in [0.25, 0.3) is 0 Å². The predicted octanol–water partition coefficient (Wildman–Crippen LogP) is 1.75. The number of carbonyl (C=O) groups is 1. The molecular weight excluding hydrogens is 299 g/mol. The van der Waals surface area contributed by atoms with E-state index in [0.29, 0.717) is 6.54 Å². The third-order valence-electron chi connectivity index (χ3n) is 3.85. The summed E-state index contributed by atoms with van der Waals surface area (Å²) in [4.78, 5) is 16.3. The van der Waals surface area contributed by atoms with Gasteiger partial charge in [0.05, 0.1) is 11.7 Å². The number of rotatable bonds is 5. The van der Waals surface area contributed by atoms with E-state index >= 15 is 0 Å². The summed E-state index contributed by atoms with van der Waals surface area (Å²) in [5, 5.41) is 3.08. The van der Waals surface area contributed by atoms with Gasteiger partial charge in [-0.1, -0.05) is 12.8 Å². The summed E-state index contributed by atoms with van der Waals surface area (Å²) in [5.41, 5.74) is 5.49. The molecule has 1 aromatic heterocycles. The number of aromatic nitrogens is 2. The first kappa shape index (κ1) is 19.2. The maximum Gasteiger partial charge on any atom is 0.227 e. The van der Waals surface area contributed by atoms with Gasteiger partial charge in [0.1, 0.15) is 0 Å². The molecule has 1 aliphatic carbocycles. The van der Waals surface area contributed by atoms with Crippen LogP contribution in [-0.4, -0.2) is 28.0 Å². The van der Waals surface area contributed by atoms with Crippen LogP contribution in [0.3, 0.4) is 0 Å². The van der Waals surface area contributed by atoms with Gasteiger partial charge < -0.3 is 15.6 Å². The summed E-state index contributed by atoms with van der Waals surface area (Å²) < 4.78 is 1.97. The average molecular weight is 323 g/mol. The largest absolute Gasteiger partial charge is 0.351 e. The minimum absolute atomic E-state index is 0. The van der Waals surface area contributed by atoms with Crippen LogP contribution in [0, 0.1) is 5.41 Å². The average Bonchev–Trinajstić information content (AvgIpc) is 2.99. The molecule has 0 radical (unpaired) electrons. The molecule has 1 unspecified atom stereocenters. The second-order valence-corrected chi connectivity index (χ2v) is 5.33. The molecule has 20 heavy (non-hydrogen) atoms. The van der Waals surface area contributed by atoms with Crippen LogP contribution in [-0.2, 0) is 11.3 Å². The lowest BCUT2D eigenvalue weighted by Crippen LogP contribution is -2.48. The summed E-state index contributed by atoms with van der Waals surface area (Å²) >= 11 is 0. The first-order valence-corrected chi connectivity index (χ1v) is 6.63. The smallest absolute Gasteiger partial charge is 0.227 e. The fourth-order valence-corrected chi connectivity index (χ4v) is 2.71. The van der Waals surface area contributed by atoms with E-state index in [-0.39, 0.29) is 42.2 Å². The predicted molar refractivity (Wildman–Crippen MR) is 84.3 cm³/mol. The van der Waals surface area contributed by atoms with E-state index in [4.69, 9.17) is 5.73 Å². The minimum atomic E-state index is -0.316. The number of halogens is 2. The van der Waals surface area contributed by atoms with Gasteiger partial charge in [0.15, 0.2) is 0 Å². The lowest BCUT2D eigenvalue weighted by atomic mass is 9.85. The number of carbonyl (C=O) groups excluding carboxylic acids is 1. The van der Waals surface area contributed by atoms with Crippen molar-refractivity contribution >= 4 is 30.7 Å². The van der Waals surface area contributed by atoms with Crippen LogP contribution in [0.25, 0.3) is 0 Å². The Morgan fingerprint density at radius 2 is 2.10 bits per heavy atom. The molecule has 1 amide bonds. The molecule has 5 nitrogen and oxygen atoms in total. The highest BCUT2D eigenvalue weighted by Gasteiger charge is 2.40. The zero-order chi connectivity index (χ0) is 13.0. The third-order valence-corrected chi connectivity index (χ3v) is 3.85. The standard InChI is InChI=1S/C13H22N4O.2ClH/c1-11(8-17-7-6-15-10-17)16-12(18)13(9-14)4-2-3-5-13;;/h6-7,10-11H,2-5,8-9,14H2,1H3,(H,16,18);2*1H. The topological polar surface area (TPSA) is 72.9 Å². The molecular formula is C13H24Cl2N4O. The highest BCUT2D eigenvalue weighted by molar-refractivity contribution is 5.85. The second kappa shape index (κ2) is 8.49. The zero-order valence-corrected chi connectivity index (χ0v) is 13.4. The Balaban J connectivity index is 0.00000180. The van der Waals surface area contributed by atoms with Gasteiger partial charge in [-0.2, -0.15) is 0 Å². The number of imidazole rings is 1. The van der Waals surface area contributed by atoms with E-state index < -0.39 is 0 Å². The zero-order valence-electron chi connectivity index (χ0n) is 11.7. The SMILES string of the molecule is CC(Cn1ccnc1)NC(=O)C1(CN)CCCC1.Cl.Cl. The fraction of sp³-hybridized carbons (Fsp3) is 0.692. The Morgan fingerprint density at radius 3 is 2.60 bits per heavy atom. The number of nitrogens with zero attached hydrogens (tertiary/aromatic N) is 2. The maximum atomic E-state index is 12.3. The molecule has 2 rings (SSSR count). The Morgan fingerprint density at radius 1 is 1.45 bits per heavy atom. The summed E-state index contributed by atoms with van der Waals surface area (Å²) in [6.07, 6.45) is 9.47. The van der Waals surface area contributed by atoms with E-state index in [9.17, 15) is 4.79 Å².